The number of rotatable bonds is 4. The standard InChI is InChI=1S/C17H23N3O3/c1-12-11-15(13(2)23-12)17(22)19-7-4-14(5-8-19)16-3-6-18-20(16)9-10-21/h3,6,11,14,21H,4-5,7-10H2,1-2H3. The fourth-order valence-corrected chi connectivity index (χ4v) is 3.36. The van der Waals surface area contributed by atoms with Crippen LogP contribution in [0.5, 0.6) is 0 Å². The van der Waals surface area contributed by atoms with E-state index >= 15 is 0 Å². The normalized spacial score (nSPS) is 16.0. The van der Waals surface area contributed by atoms with Gasteiger partial charge in [-0.2, -0.15) is 5.10 Å². The zero-order valence-electron chi connectivity index (χ0n) is 13.7. The SMILES string of the molecule is Cc1cc(C(=O)N2CCC(c3ccnn3CCO)CC2)c(C)o1. The van der Waals surface area contributed by atoms with E-state index in [0.717, 1.165) is 37.4 Å². The first-order valence-electron chi connectivity index (χ1n) is 8.09. The van der Waals surface area contributed by atoms with Crippen molar-refractivity contribution in [3.8, 4) is 0 Å². The molecule has 1 amide bonds. The van der Waals surface area contributed by atoms with E-state index in [2.05, 4.69) is 5.10 Å². The fourth-order valence-electron chi connectivity index (χ4n) is 3.36. The Morgan fingerprint density at radius 3 is 2.74 bits per heavy atom. The first kappa shape index (κ1) is 15.8. The van der Waals surface area contributed by atoms with Gasteiger partial charge in [0.25, 0.3) is 5.91 Å². The molecule has 0 atom stereocenters. The highest BCUT2D eigenvalue weighted by molar-refractivity contribution is 5.95. The molecule has 3 heterocycles. The third kappa shape index (κ3) is 3.17. The molecule has 6 heteroatoms. The van der Waals surface area contributed by atoms with Crippen LogP contribution < -0.4 is 0 Å². The molecule has 2 aromatic heterocycles. The largest absolute Gasteiger partial charge is 0.466 e. The summed E-state index contributed by atoms with van der Waals surface area (Å²) >= 11 is 0. The number of aliphatic hydroxyl groups is 1. The molecule has 1 aliphatic rings. The number of piperidine rings is 1. The Labute approximate surface area is 135 Å². The zero-order valence-corrected chi connectivity index (χ0v) is 13.7. The molecular weight excluding hydrogens is 294 g/mol. The van der Waals surface area contributed by atoms with E-state index in [4.69, 9.17) is 9.52 Å². The number of carbonyl (C=O) groups is 1. The maximum atomic E-state index is 12.6. The lowest BCUT2D eigenvalue weighted by Crippen LogP contribution is -2.38. The second-order valence-corrected chi connectivity index (χ2v) is 6.10. The second kappa shape index (κ2) is 6.58. The predicted octanol–water partition coefficient (Wildman–Crippen LogP) is 2.11. The van der Waals surface area contributed by atoms with Crippen LogP contribution in [-0.4, -0.2) is 45.4 Å². The van der Waals surface area contributed by atoms with Crippen molar-refractivity contribution in [1.82, 2.24) is 14.7 Å². The number of aryl methyl sites for hydroxylation is 2. The highest BCUT2D eigenvalue weighted by Gasteiger charge is 2.27. The van der Waals surface area contributed by atoms with Crippen molar-refractivity contribution in [3.63, 3.8) is 0 Å². The molecule has 1 N–H and O–H groups in total. The summed E-state index contributed by atoms with van der Waals surface area (Å²) in [7, 11) is 0. The van der Waals surface area contributed by atoms with E-state index in [0.29, 0.717) is 23.8 Å². The third-order valence-corrected chi connectivity index (χ3v) is 4.53. The van der Waals surface area contributed by atoms with E-state index in [1.54, 1.807) is 6.20 Å². The summed E-state index contributed by atoms with van der Waals surface area (Å²) in [6.07, 6.45) is 3.61. The van der Waals surface area contributed by atoms with Gasteiger partial charge in [-0.1, -0.05) is 0 Å². The molecular formula is C17H23N3O3. The van der Waals surface area contributed by atoms with Gasteiger partial charge in [0.05, 0.1) is 18.7 Å². The number of carbonyl (C=O) groups excluding carboxylic acids is 1. The lowest BCUT2D eigenvalue weighted by Gasteiger charge is -2.32. The van der Waals surface area contributed by atoms with Gasteiger partial charge in [-0.3, -0.25) is 9.48 Å². The lowest BCUT2D eigenvalue weighted by atomic mass is 9.93. The average Bonchev–Trinajstić information content (AvgIpc) is 3.13. The minimum absolute atomic E-state index is 0.0571. The molecule has 1 aliphatic heterocycles. The van der Waals surface area contributed by atoms with Gasteiger partial charge in [0, 0.05) is 30.9 Å². The van der Waals surface area contributed by atoms with Gasteiger partial charge in [0.1, 0.15) is 11.5 Å². The molecule has 1 fully saturated rings. The molecule has 0 radical (unpaired) electrons. The molecule has 1 saturated heterocycles. The molecule has 0 bridgehead atoms. The van der Waals surface area contributed by atoms with Gasteiger partial charge in [-0.05, 0) is 38.8 Å². The summed E-state index contributed by atoms with van der Waals surface area (Å²) in [4.78, 5) is 14.5. The quantitative estimate of drug-likeness (QED) is 0.937. The number of likely N-dealkylation sites (tertiary alicyclic amines) is 1. The Balaban J connectivity index is 1.65. The van der Waals surface area contributed by atoms with E-state index < -0.39 is 0 Å². The van der Waals surface area contributed by atoms with Crippen LogP contribution in [0.4, 0.5) is 0 Å². The molecule has 0 aliphatic carbocycles. The van der Waals surface area contributed by atoms with E-state index in [1.165, 1.54) is 0 Å². The van der Waals surface area contributed by atoms with Gasteiger partial charge >= 0.3 is 0 Å². The Morgan fingerprint density at radius 1 is 1.39 bits per heavy atom. The topological polar surface area (TPSA) is 71.5 Å². The van der Waals surface area contributed by atoms with Crippen molar-refractivity contribution in [1.29, 1.82) is 0 Å². The fraction of sp³-hybridized carbons (Fsp3) is 0.529. The number of nitrogens with zero attached hydrogens (tertiary/aromatic N) is 3. The van der Waals surface area contributed by atoms with Crippen molar-refractivity contribution in [2.75, 3.05) is 19.7 Å². The Morgan fingerprint density at radius 2 is 2.13 bits per heavy atom. The summed E-state index contributed by atoms with van der Waals surface area (Å²) < 4.78 is 7.33. The van der Waals surface area contributed by atoms with Crippen LogP contribution in [0.3, 0.4) is 0 Å². The smallest absolute Gasteiger partial charge is 0.257 e. The summed E-state index contributed by atoms with van der Waals surface area (Å²) in [6, 6.07) is 3.83. The van der Waals surface area contributed by atoms with E-state index in [-0.39, 0.29) is 12.5 Å². The van der Waals surface area contributed by atoms with Crippen LogP contribution in [-0.2, 0) is 6.54 Å². The molecule has 0 saturated carbocycles. The van der Waals surface area contributed by atoms with Crippen molar-refractivity contribution in [3.05, 3.63) is 41.1 Å². The first-order valence-corrected chi connectivity index (χ1v) is 8.09. The molecule has 3 rings (SSSR count). The van der Waals surface area contributed by atoms with Crippen LogP contribution in [0.25, 0.3) is 0 Å². The maximum Gasteiger partial charge on any atom is 0.257 e. The van der Waals surface area contributed by atoms with Crippen LogP contribution in [0.15, 0.2) is 22.7 Å². The number of furan rings is 1. The molecule has 0 spiro atoms. The van der Waals surface area contributed by atoms with Gasteiger partial charge < -0.3 is 14.4 Å². The number of hydrogen-bond donors (Lipinski definition) is 1. The molecule has 23 heavy (non-hydrogen) atoms. The Hall–Kier alpha value is -2.08. The number of hydrogen-bond acceptors (Lipinski definition) is 4. The Kier molecular flexibility index (Phi) is 4.52. The summed E-state index contributed by atoms with van der Waals surface area (Å²) in [6.45, 7) is 5.77. The van der Waals surface area contributed by atoms with Gasteiger partial charge in [0.2, 0.25) is 0 Å². The van der Waals surface area contributed by atoms with Crippen molar-refractivity contribution < 1.29 is 14.3 Å². The number of aromatic nitrogens is 2. The third-order valence-electron chi connectivity index (χ3n) is 4.53. The maximum absolute atomic E-state index is 12.6. The molecule has 0 aromatic carbocycles. The van der Waals surface area contributed by atoms with Crippen LogP contribution in [0, 0.1) is 13.8 Å². The highest BCUT2D eigenvalue weighted by Crippen LogP contribution is 2.29. The summed E-state index contributed by atoms with van der Waals surface area (Å²) in [5.74, 6) is 1.91. The minimum atomic E-state index is 0.0571. The summed E-state index contributed by atoms with van der Waals surface area (Å²) in [5, 5.41) is 13.4. The molecule has 124 valence electrons. The predicted molar refractivity (Wildman–Crippen MR) is 85.4 cm³/mol. The van der Waals surface area contributed by atoms with E-state index in [9.17, 15) is 4.79 Å². The number of aliphatic hydroxyl groups excluding tert-OH is 1. The molecule has 6 nitrogen and oxygen atoms in total. The minimum Gasteiger partial charge on any atom is -0.466 e. The van der Waals surface area contributed by atoms with Crippen LogP contribution >= 0.6 is 0 Å². The van der Waals surface area contributed by atoms with E-state index in [1.807, 2.05) is 35.6 Å². The molecule has 0 unspecified atom stereocenters. The Bertz CT molecular complexity index is 681. The van der Waals surface area contributed by atoms with Crippen molar-refractivity contribution >= 4 is 5.91 Å². The zero-order chi connectivity index (χ0) is 16.4. The van der Waals surface area contributed by atoms with Crippen molar-refractivity contribution in [2.45, 2.75) is 39.2 Å². The van der Waals surface area contributed by atoms with Gasteiger partial charge in [-0.15, -0.1) is 0 Å². The van der Waals surface area contributed by atoms with Crippen LogP contribution in [0.2, 0.25) is 0 Å². The van der Waals surface area contributed by atoms with Gasteiger partial charge in [-0.25, -0.2) is 0 Å². The lowest BCUT2D eigenvalue weighted by molar-refractivity contribution is 0.0709. The first-order chi connectivity index (χ1) is 11.1. The average molecular weight is 317 g/mol. The summed E-state index contributed by atoms with van der Waals surface area (Å²) in [5.41, 5.74) is 1.83. The number of amides is 1. The van der Waals surface area contributed by atoms with Crippen molar-refractivity contribution in [2.24, 2.45) is 0 Å². The molecule has 2 aromatic rings. The van der Waals surface area contributed by atoms with Gasteiger partial charge in [0.15, 0.2) is 0 Å². The highest BCUT2D eigenvalue weighted by atomic mass is 16.3. The van der Waals surface area contributed by atoms with Crippen LogP contribution in [0.1, 0.15) is 46.3 Å². The monoisotopic (exact) mass is 317 g/mol. The second-order valence-electron chi connectivity index (χ2n) is 6.10.